The molecule has 0 aliphatic rings. The van der Waals surface area contributed by atoms with Gasteiger partial charge in [-0.3, -0.25) is 9.48 Å². The fourth-order valence-corrected chi connectivity index (χ4v) is 4.29. The first-order chi connectivity index (χ1) is 15.8. The highest BCUT2D eigenvalue weighted by Crippen LogP contribution is 2.18. The summed E-state index contributed by atoms with van der Waals surface area (Å²) in [6, 6.07) is 12.1. The summed E-state index contributed by atoms with van der Waals surface area (Å²) in [5, 5.41) is 20.6. The summed E-state index contributed by atoms with van der Waals surface area (Å²) in [6.45, 7) is 8.91. The van der Waals surface area contributed by atoms with Crippen molar-refractivity contribution in [3.63, 3.8) is 0 Å². The van der Waals surface area contributed by atoms with Gasteiger partial charge in [-0.2, -0.15) is 10.2 Å². The number of nitrogen functional groups attached to an aromatic ring is 1. The number of hydrogen-bond donors (Lipinski definition) is 2. The molecule has 0 atom stereocenters. The van der Waals surface area contributed by atoms with Gasteiger partial charge in [-0.1, -0.05) is 42.1 Å². The lowest BCUT2D eigenvalue weighted by atomic mass is 10.2. The summed E-state index contributed by atoms with van der Waals surface area (Å²) in [5.74, 6) is 6.59. The average Bonchev–Trinajstić information content (AvgIpc) is 3.40. The molecule has 33 heavy (non-hydrogen) atoms. The van der Waals surface area contributed by atoms with Crippen molar-refractivity contribution in [2.45, 2.75) is 45.9 Å². The van der Waals surface area contributed by atoms with Crippen molar-refractivity contribution in [3.05, 3.63) is 70.3 Å². The molecular weight excluding hydrogens is 438 g/mol. The third-order valence-electron chi connectivity index (χ3n) is 5.35. The number of aryl methyl sites for hydroxylation is 3. The van der Waals surface area contributed by atoms with Crippen molar-refractivity contribution >= 4 is 17.7 Å². The molecule has 0 saturated carbocycles. The summed E-state index contributed by atoms with van der Waals surface area (Å²) in [7, 11) is 0. The van der Waals surface area contributed by atoms with Crippen LogP contribution in [0.25, 0.3) is 5.95 Å². The number of nitrogens with zero attached hydrogens (tertiary/aromatic N) is 7. The largest absolute Gasteiger partial charge is 0.351 e. The van der Waals surface area contributed by atoms with Gasteiger partial charge in [0.25, 0.3) is 5.95 Å². The Kier molecular flexibility index (Phi) is 6.50. The number of carbonyl (C=O) groups is 1. The van der Waals surface area contributed by atoms with Crippen molar-refractivity contribution in [1.29, 1.82) is 0 Å². The van der Waals surface area contributed by atoms with Gasteiger partial charge in [-0.15, -0.1) is 10.2 Å². The lowest BCUT2D eigenvalue weighted by Crippen LogP contribution is -2.25. The number of benzene rings is 1. The Morgan fingerprint density at radius 3 is 2.55 bits per heavy atom. The van der Waals surface area contributed by atoms with E-state index in [0.29, 0.717) is 24.2 Å². The Bertz CT molecular complexity index is 1270. The van der Waals surface area contributed by atoms with Crippen LogP contribution in [0, 0.1) is 27.7 Å². The highest BCUT2D eigenvalue weighted by Gasteiger charge is 2.17. The van der Waals surface area contributed by atoms with Gasteiger partial charge >= 0.3 is 0 Å². The van der Waals surface area contributed by atoms with Crippen LogP contribution in [-0.2, 0) is 17.9 Å². The normalized spacial score (nSPS) is 11.2. The lowest BCUT2D eigenvalue weighted by molar-refractivity contribution is -0.118. The third kappa shape index (κ3) is 4.92. The Balaban J connectivity index is 1.35. The lowest BCUT2D eigenvalue weighted by Gasteiger charge is -2.08. The summed E-state index contributed by atoms with van der Waals surface area (Å²) < 4.78 is 4.95. The van der Waals surface area contributed by atoms with Crippen molar-refractivity contribution in [2.75, 3.05) is 11.6 Å². The summed E-state index contributed by atoms with van der Waals surface area (Å²) in [5.41, 5.74) is 5.92. The first-order valence-corrected chi connectivity index (χ1v) is 11.5. The number of nitrogens with two attached hydrogens (primary N) is 1. The zero-order chi connectivity index (χ0) is 23.5. The molecule has 4 aromatic rings. The van der Waals surface area contributed by atoms with Crippen LogP contribution >= 0.6 is 11.8 Å². The molecule has 3 heterocycles. The quantitative estimate of drug-likeness (QED) is 0.302. The molecule has 0 fully saturated rings. The maximum atomic E-state index is 12.5. The van der Waals surface area contributed by atoms with E-state index in [1.807, 2.05) is 56.6 Å². The molecule has 1 amide bonds. The van der Waals surface area contributed by atoms with Gasteiger partial charge in [0.05, 0.1) is 23.7 Å². The number of nitrogens with one attached hydrogen (secondary N) is 1. The number of amides is 1. The van der Waals surface area contributed by atoms with E-state index in [4.69, 9.17) is 5.84 Å². The van der Waals surface area contributed by atoms with E-state index >= 15 is 0 Å². The maximum absolute atomic E-state index is 12.5. The minimum absolute atomic E-state index is 0.120. The van der Waals surface area contributed by atoms with Crippen LogP contribution in [0.3, 0.4) is 0 Å². The van der Waals surface area contributed by atoms with Crippen LogP contribution in [-0.4, -0.2) is 46.1 Å². The van der Waals surface area contributed by atoms with Crippen molar-refractivity contribution in [2.24, 2.45) is 0 Å². The number of aromatic nitrogens is 7. The van der Waals surface area contributed by atoms with Gasteiger partial charge in [0.1, 0.15) is 0 Å². The summed E-state index contributed by atoms with van der Waals surface area (Å²) in [6.07, 6.45) is 0. The van der Waals surface area contributed by atoms with Crippen molar-refractivity contribution < 1.29 is 4.79 Å². The molecule has 1 aromatic carbocycles. The van der Waals surface area contributed by atoms with E-state index in [1.54, 1.807) is 4.68 Å². The van der Waals surface area contributed by atoms with Gasteiger partial charge in [0.15, 0.2) is 0 Å². The first-order valence-electron chi connectivity index (χ1n) is 10.5. The second-order valence-electron chi connectivity index (χ2n) is 7.85. The predicted molar refractivity (Wildman–Crippen MR) is 127 cm³/mol. The SMILES string of the molecule is Cc1cc(C)n(-c2nnc(SCC(=O)NCc3c(C)nn(Cc4ccccc4)c3C)n2N)n1. The minimum atomic E-state index is -0.120. The molecule has 0 aliphatic heterocycles. The molecule has 3 N–H and O–H groups in total. The molecule has 0 radical (unpaired) electrons. The molecule has 0 saturated heterocycles. The van der Waals surface area contributed by atoms with E-state index in [-0.39, 0.29) is 11.7 Å². The van der Waals surface area contributed by atoms with E-state index in [1.165, 1.54) is 22.0 Å². The molecule has 4 rings (SSSR count). The highest BCUT2D eigenvalue weighted by molar-refractivity contribution is 7.99. The first kappa shape index (κ1) is 22.6. The van der Waals surface area contributed by atoms with E-state index in [0.717, 1.165) is 28.3 Å². The Hall–Kier alpha value is -3.60. The van der Waals surface area contributed by atoms with E-state index in [9.17, 15) is 4.79 Å². The van der Waals surface area contributed by atoms with Gasteiger partial charge in [0.2, 0.25) is 11.1 Å². The molecule has 10 nitrogen and oxygen atoms in total. The maximum Gasteiger partial charge on any atom is 0.271 e. The number of rotatable bonds is 8. The van der Waals surface area contributed by atoms with Crippen molar-refractivity contribution in [3.8, 4) is 5.95 Å². The zero-order valence-corrected chi connectivity index (χ0v) is 19.9. The average molecular weight is 466 g/mol. The molecule has 0 aliphatic carbocycles. The smallest absolute Gasteiger partial charge is 0.271 e. The number of hydrogen-bond acceptors (Lipinski definition) is 7. The molecule has 172 valence electrons. The Morgan fingerprint density at radius 1 is 1.09 bits per heavy atom. The molecule has 0 spiro atoms. The van der Waals surface area contributed by atoms with Crippen LogP contribution in [0.1, 0.15) is 33.9 Å². The predicted octanol–water partition coefficient (Wildman–Crippen LogP) is 2.06. The minimum Gasteiger partial charge on any atom is -0.351 e. The fourth-order valence-electron chi connectivity index (χ4n) is 3.61. The van der Waals surface area contributed by atoms with E-state index in [2.05, 4.69) is 37.8 Å². The standard InChI is InChI=1S/C22H27N9OS/c1-14-10-15(2)31(27-14)21-25-26-22(30(21)23)33-13-20(32)24-11-19-16(3)28-29(17(19)4)12-18-8-6-5-7-9-18/h5-10H,11-13,23H2,1-4H3,(H,24,32). The molecule has 0 bridgehead atoms. The van der Waals surface area contributed by atoms with Gasteiger partial charge < -0.3 is 11.2 Å². The van der Waals surface area contributed by atoms with Gasteiger partial charge in [-0.25, -0.2) is 9.36 Å². The molecule has 11 heteroatoms. The van der Waals surface area contributed by atoms with Crippen LogP contribution in [0.2, 0.25) is 0 Å². The topological polar surface area (TPSA) is 121 Å². The molecule has 3 aromatic heterocycles. The van der Waals surface area contributed by atoms with Crippen LogP contribution in [0.5, 0.6) is 0 Å². The van der Waals surface area contributed by atoms with Gasteiger partial charge in [-0.05, 0) is 39.3 Å². The monoisotopic (exact) mass is 465 g/mol. The van der Waals surface area contributed by atoms with E-state index < -0.39 is 0 Å². The van der Waals surface area contributed by atoms with Gasteiger partial charge in [0, 0.05) is 23.5 Å². The Morgan fingerprint density at radius 2 is 1.85 bits per heavy atom. The zero-order valence-electron chi connectivity index (χ0n) is 19.1. The second-order valence-corrected chi connectivity index (χ2v) is 8.79. The molecular formula is C22H27N9OS. The third-order valence-corrected chi connectivity index (χ3v) is 6.29. The van der Waals surface area contributed by atoms with Crippen molar-refractivity contribution in [1.82, 2.24) is 39.8 Å². The molecule has 0 unspecified atom stereocenters. The van der Waals surface area contributed by atoms with Crippen LogP contribution in [0.15, 0.2) is 41.6 Å². The van der Waals surface area contributed by atoms with Crippen LogP contribution < -0.4 is 11.2 Å². The summed E-state index contributed by atoms with van der Waals surface area (Å²) in [4.78, 5) is 12.5. The fraction of sp³-hybridized carbons (Fsp3) is 0.318. The highest BCUT2D eigenvalue weighted by atomic mass is 32.2. The summed E-state index contributed by atoms with van der Waals surface area (Å²) >= 11 is 1.22. The number of thioether (sulfide) groups is 1. The number of carbonyl (C=O) groups excluding carboxylic acids is 1. The van der Waals surface area contributed by atoms with Crippen LogP contribution in [0.4, 0.5) is 0 Å². The second kappa shape index (κ2) is 9.49. The Labute approximate surface area is 196 Å².